The van der Waals surface area contributed by atoms with Gasteiger partial charge in [0.15, 0.2) is 0 Å². The van der Waals surface area contributed by atoms with Crippen molar-refractivity contribution < 1.29 is 9.53 Å². The molecule has 0 spiro atoms. The van der Waals surface area contributed by atoms with Crippen molar-refractivity contribution in [1.29, 1.82) is 0 Å². The number of aryl methyl sites for hydroxylation is 3. The van der Waals surface area contributed by atoms with Crippen molar-refractivity contribution in [2.24, 2.45) is 0 Å². The number of amides is 1. The van der Waals surface area contributed by atoms with Crippen LogP contribution in [0.2, 0.25) is 0 Å². The normalized spacial score (nSPS) is 11.1. The highest BCUT2D eigenvalue weighted by molar-refractivity contribution is 5.79. The molecule has 0 aliphatic heterocycles. The fraction of sp³-hybridized carbons (Fsp3) is 0.257. The largest absolute Gasteiger partial charge is 0.493 e. The van der Waals surface area contributed by atoms with E-state index < -0.39 is 0 Å². The number of nitrogens with zero attached hydrogens (tertiary/aromatic N) is 2. The lowest BCUT2D eigenvalue weighted by Gasteiger charge is -2.13. The summed E-state index contributed by atoms with van der Waals surface area (Å²) in [6.45, 7) is 6.33. The van der Waals surface area contributed by atoms with Gasteiger partial charge in [-0.15, -0.1) is 0 Å². The molecule has 0 atom stereocenters. The molecular formula is C35H37N3O2. The molecule has 40 heavy (non-hydrogen) atoms. The van der Waals surface area contributed by atoms with E-state index in [1.54, 1.807) is 0 Å². The Balaban J connectivity index is 1.11. The van der Waals surface area contributed by atoms with Gasteiger partial charge in [-0.1, -0.05) is 78.9 Å². The monoisotopic (exact) mass is 531 g/mol. The second-order valence-corrected chi connectivity index (χ2v) is 10.3. The Labute approximate surface area is 236 Å². The molecule has 5 nitrogen and oxygen atoms in total. The molecular weight excluding hydrogens is 494 g/mol. The molecule has 0 saturated heterocycles. The summed E-state index contributed by atoms with van der Waals surface area (Å²) in [5.41, 5.74) is 7.95. The van der Waals surface area contributed by atoms with Crippen LogP contribution >= 0.6 is 0 Å². The fourth-order valence-corrected chi connectivity index (χ4v) is 5.02. The van der Waals surface area contributed by atoms with E-state index in [0.29, 0.717) is 19.6 Å². The summed E-state index contributed by atoms with van der Waals surface area (Å²) in [4.78, 5) is 17.5. The van der Waals surface area contributed by atoms with Crippen molar-refractivity contribution in [2.45, 2.75) is 46.1 Å². The van der Waals surface area contributed by atoms with Crippen LogP contribution in [-0.2, 0) is 24.2 Å². The van der Waals surface area contributed by atoms with Crippen LogP contribution in [0, 0.1) is 13.8 Å². The van der Waals surface area contributed by atoms with E-state index in [2.05, 4.69) is 72.3 Å². The highest BCUT2D eigenvalue weighted by Crippen LogP contribution is 2.22. The average molecular weight is 532 g/mol. The first-order valence-corrected chi connectivity index (χ1v) is 14.1. The van der Waals surface area contributed by atoms with Gasteiger partial charge in [-0.25, -0.2) is 4.98 Å². The third-order valence-electron chi connectivity index (χ3n) is 7.40. The van der Waals surface area contributed by atoms with E-state index in [1.165, 1.54) is 16.7 Å². The van der Waals surface area contributed by atoms with Crippen molar-refractivity contribution >= 4 is 16.9 Å². The molecule has 204 valence electrons. The lowest BCUT2D eigenvalue weighted by molar-refractivity contribution is -0.120. The molecule has 1 heterocycles. The minimum Gasteiger partial charge on any atom is -0.493 e. The summed E-state index contributed by atoms with van der Waals surface area (Å²) < 4.78 is 8.39. The summed E-state index contributed by atoms with van der Waals surface area (Å²) in [5.74, 6) is 2.06. The third-order valence-corrected chi connectivity index (χ3v) is 7.40. The minimum absolute atomic E-state index is 0.0459. The molecule has 0 unspecified atom stereocenters. The van der Waals surface area contributed by atoms with E-state index >= 15 is 0 Å². The lowest BCUT2D eigenvalue weighted by atomic mass is 10.0. The molecule has 0 aliphatic carbocycles. The van der Waals surface area contributed by atoms with Gasteiger partial charge < -0.3 is 14.6 Å². The minimum atomic E-state index is 0.0459. The number of aromatic nitrogens is 2. The molecule has 5 heteroatoms. The third kappa shape index (κ3) is 6.78. The van der Waals surface area contributed by atoms with Gasteiger partial charge in [0, 0.05) is 19.5 Å². The maximum absolute atomic E-state index is 12.6. The Hall–Kier alpha value is -4.38. The van der Waals surface area contributed by atoms with Crippen molar-refractivity contribution in [2.75, 3.05) is 13.2 Å². The van der Waals surface area contributed by atoms with E-state index in [1.807, 2.05) is 48.5 Å². The van der Waals surface area contributed by atoms with Crippen LogP contribution in [0.3, 0.4) is 0 Å². The van der Waals surface area contributed by atoms with Gasteiger partial charge in [-0.2, -0.15) is 0 Å². The number of nitrogens with one attached hydrogen (secondary N) is 1. The number of fused-ring (bicyclic) bond motifs is 1. The predicted octanol–water partition coefficient (Wildman–Crippen LogP) is 7.08. The van der Waals surface area contributed by atoms with E-state index in [9.17, 15) is 4.79 Å². The molecule has 1 amide bonds. The molecule has 0 fully saturated rings. The van der Waals surface area contributed by atoms with Crippen LogP contribution in [0.1, 0.15) is 35.4 Å². The number of hydrogen-bond acceptors (Lipinski definition) is 3. The summed E-state index contributed by atoms with van der Waals surface area (Å²) in [6.07, 6.45) is 2.91. The summed E-state index contributed by atoms with van der Waals surface area (Å²) in [5, 5.41) is 3.09. The molecule has 5 rings (SSSR count). The van der Waals surface area contributed by atoms with Crippen LogP contribution < -0.4 is 10.1 Å². The van der Waals surface area contributed by atoms with Crippen LogP contribution in [0.4, 0.5) is 0 Å². The van der Waals surface area contributed by atoms with Crippen molar-refractivity contribution in [1.82, 2.24) is 14.9 Å². The number of carbonyl (C=O) groups excluding carboxylic acids is 1. The van der Waals surface area contributed by atoms with Gasteiger partial charge >= 0.3 is 0 Å². The van der Waals surface area contributed by atoms with Gasteiger partial charge in [-0.3, -0.25) is 4.79 Å². The summed E-state index contributed by atoms with van der Waals surface area (Å²) >= 11 is 0. The number of ether oxygens (including phenoxy) is 1. The summed E-state index contributed by atoms with van der Waals surface area (Å²) in [7, 11) is 0. The zero-order chi connectivity index (χ0) is 27.7. The standard InChI is InChI=1S/C35H37N3O2/c1-26-11-8-16-33(27(26)2)40-24-10-23-38-32-15-7-6-14-31(32)37-34(38)17-9-22-36-35(39)25-28-18-20-30(21-19-28)29-12-4-3-5-13-29/h3-8,11-16,18-21H,9-10,17,22-25H2,1-2H3,(H,36,39). The van der Waals surface area contributed by atoms with E-state index in [-0.39, 0.29) is 5.91 Å². The van der Waals surface area contributed by atoms with Gasteiger partial charge in [0.25, 0.3) is 0 Å². The topological polar surface area (TPSA) is 56.1 Å². The highest BCUT2D eigenvalue weighted by atomic mass is 16.5. The predicted molar refractivity (Wildman–Crippen MR) is 163 cm³/mol. The van der Waals surface area contributed by atoms with Gasteiger partial charge in [0.1, 0.15) is 11.6 Å². The summed E-state index contributed by atoms with van der Waals surface area (Å²) in [6, 6.07) is 33.0. The second kappa shape index (κ2) is 13.1. The molecule has 1 N–H and O–H groups in total. The Kier molecular flexibility index (Phi) is 8.92. The zero-order valence-corrected chi connectivity index (χ0v) is 23.4. The maximum Gasteiger partial charge on any atom is 0.224 e. The van der Waals surface area contributed by atoms with Crippen molar-refractivity contribution in [3.8, 4) is 16.9 Å². The van der Waals surface area contributed by atoms with Crippen LogP contribution in [-0.4, -0.2) is 28.6 Å². The first kappa shape index (κ1) is 27.2. The van der Waals surface area contributed by atoms with Gasteiger partial charge in [0.2, 0.25) is 5.91 Å². The van der Waals surface area contributed by atoms with Crippen molar-refractivity contribution in [3.63, 3.8) is 0 Å². The van der Waals surface area contributed by atoms with Crippen LogP contribution in [0.15, 0.2) is 97.1 Å². The molecule has 0 saturated carbocycles. The number of imidazole rings is 1. The molecule has 5 aromatic rings. The number of hydrogen-bond donors (Lipinski definition) is 1. The first-order chi connectivity index (χ1) is 19.6. The van der Waals surface area contributed by atoms with Crippen molar-refractivity contribution in [3.05, 3.63) is 120 Å². The number of carbonyl (C=O) groups is 1. The molecule has 4 aromatic carbocycles. The Morgan fingerprint density at radius 1 is 0.825 bits per heavy atom. The molecule has 0 bridgehead atoms. The average Bonchev–Trinajstić information content (AvgIpc) is 3.33. The van der Waals surface area contributed by atoms with Gasteiger partial charge in [-0.05, 0) is 72.7 Å². The number of benzene rings is 4. The molecule has 0 aliphatic rings. The first-order valence-electron chi connectivity index (χ1n) is 14.1. The van der Waals surface area contributed by atoms with Crippen LogP contribution in [0.25, 0.3) is 22.2 Å². The Morgan fingerprint density at radius 2 is 1.57 bits per heavy atom. The van der Waals surface area contributed by atoms with E-state index in [4.69, 9.17) is 9.72 Å². The fourth-order valence-electron chi connectivity index (χ4n) is 5.02. The Morgan fingerprint density at radius 3 is 2.40 bits per heavy atom. The molecule has 0 radical (unpaired) electrons. The van der Waals surface area contributed by atoms with Crippen LogP contribution in [0.5, 0.6) is 5.75 Å². The molecule has 1 aromatic heterocycles. The van der Waals surface area contributed by atoms with E-state index in [0.717, 1.165) is 59.5 Å². The van der Waals surface area contributed by atoms with Gasteiger partial charge in [0.05, 0.1) is 24.1 Å². The SMILES string of the molecule is Cc1cccc(OCCCn2c(CCCNC(=O)Cc3ccc(-c4ccccc4)cc3)nc3ccccc32)c1C. The number of rotatable bonds is 12. The highest BCUT2D eigenvalue weighted by Gasteiger charge is 2.11. The quantitative estimate of drug-likeness (QED) is 0.175. The Bertz CT molecular complexity index is 1560. The maximum atomic E-state index is 12.6. The smallest absolute Gasteiger partial charge is 0.224 e. The lowest BCUT2D eigenvalue weighted by Crippen LogP contribution is -2.26. The number of para-hydroxylation sites is 2. The zero-order valence-electron chi connectivity index (χ0n) is 23.4. The second-order valence-electron chi connectivity index (χ2n) is 10.3.